The molecule has 0 bridgehead atoms. The van der Waals surface area contributed by atoms with Crippen molar-refractivity contribution >= 4 is 16.0 Å². The zero-order valence-electron chi connectivity index (χ0n) is 10.9. The van der Waals surface area contributed by atoms with Gasteiger partial charge in [0.2, 0.25) is 0 Å². The third kappa shape index (κ3) is 3.04. The van der Waals surface area contributed by atoms with Crippen molar-refractivity contribution in [3.63, 3.8) is 0 Å². The maximum Gasteiger partial charge on any atom is 0.310 e. The van der Waals surface area contributed by atoms with Gasteiger partial charge in [-0.25, -0.2) is 4.68 Å². The largest absolute Gasteiger partial charge is 0.310 e. The van der Waals surface area contributed by atoms with Crippen LogP contribution in [-0.2, 0) is 0 Å². The zero-order valence-corrected chi connectivity index (χ0v) is 11.7. The highest BCUT2D eigenvalue weighted by Crippen LogP contribution is 3.02. The van der Waals surface area contributed by atoms with Crippen LogP contribution >= 0.6 is 10.2 Å². The first-order valence-corrected chi connectivity index (χ1v) is 7.52. The molecule has 1 aromatic carbocycles. The van der Waals surface area contributed by atoms with Gasteiger partial charge in [-0.1, -0.05) is 24.6 Å². The van der Waals surface area contributed by atoms with Crippen LogP contribution in [0.2, 0.25) is 0 Å². The van der Waals surface area contributed by atoms with Gasteiger partial charge in [0.05, 0.1) is 11.4 Å². The Bertz CT molecular complexity index is 721. The van der Waals surface area contributed by atoms with E-state index in [9.17, 15) is 24.2 Å². The topological polar surface area (TPSA) is 47.8 Å². The predicted octanol–water partition coefficient (Wildman–Crippen LogP) is 4.44. The van der Waals surface area contributed by atoms with E-state index in [4.69, 9.17) is 0 Å². The molecule has 0 aliphatic carbocycles. The zero-order chi connectivity index (χ0) is 16.1. The number of rotatable bonds is 3. The number of benzene rings is 1. The fourth-order valence-electron chi connectivity index (χ4n) is 1.74. The van der Waals surface area contributed by atoms with Crippen LogP contribution in [0.5, 0.6) is 0 Å². The molecule has 1 heterocycles. The number of carbonyl (C=O) groups excluding carboxylic acids is 1. The van der Waals surface area contributed by atoms with E-state index < -0.39 is 15.1 Å². The minimum atomic E-state index is -9.69. The second-order valence-electron chi connectivity index (χ2n) is 4.45. The van der Waals surface area contributed by atoms with Crippen LogP contribution in [0.3, 0.4) is 0 Å². The lowest BCUT2D eigenvalue weighted by atomic mass is 10.2. The predicted molar refractivity (Wildman–Crippen MR) is 67.5 cm³/mol. The minimum Gasteiger partial charge on any atom is -0.293 e. The second kappa shape index (κ2) is 3.81. The molecule has 0 aliphatic heterocycles. The summed E-state index contributed by atoms with van der Waals surface area (Å²) in [5.74, 6) is -0.359. The average molecular weight is 327 g/mol. The van der Waals surface area contributed by atoms with Crippen molar-refractivity contribution in [3.05, 3.63) is 35.7 Å². The minimum absolute atomic E-state index is 0.0618. The normalized spacial score (nSPS) is 15.4. The lowest BCUT2D eigenvalue weighted by Crippen LogP contribution is -2.07. The number of hydrogen-bond donors (Lipinski definition) is 0. The number of aromatic nitrogens is 3. The summed E-state index contributed by atoms with van der Waals surface area (Å²) < 4.78 is 64.1. The molecule has 116 valence electrons. The molecule has 2 rings (SSSR count). The van der Waals surface area contributed by atoms with Crippen molar-refractivity contribution in [2.75, 3.05) is 0 Å². The van der Waals surface area contributed by atoms with Crippen molar-refractivity contribution in [1.82, 2.24) is 15.0 Å². The van der Waals surface area contributed by atoms with Gasteiger partial charge in [0.15, 0.2) is 11.5 Å². The van der Waals surface area contributed by atoms with Crippen LogP contribution in [0.4, 0.5) is 19.4 Å². The van der Waals surface area contributed by atoms with E-state index in [1.807, 2.05) is 0 Å². The molecule has 4 nitrogen and oxygen atoms in total. The Labute approximate surface area is 116 Å². The summed E-state index contributed by atoms with van der Waals surface area (Å²) in [6, 6.07) is 2.26. The highest BCUT2D eigenvalue weighted by molar-refractivity contribution is 8.45. The summed E-state index contributed by atoms with van der Waals surface area (Å²) in [4.78, 5) is 9.24. The number of carbonyl (C=O) groups is 1. The van der Waals surface area contributed by atoms with E-state index >= 15 is 0 Å². The van der Waals surface area contributed by atoms with Gasteiger partial charge < -0.3 is 0 Å². The number of halogens is 5. The van der Waals surface area contributed by atoms with Crippen LogP contribution < -0.4 is 0 Å². The molecule has 0 unspecified atom stereocenters. The van der Waals surface area contributed by atoms with Gasteiger partial charge in [-0.2, -0.15) is 0 Å². The van der Waals surface area contributed by atoms with Gasteiger partial charge in [0, 0.05) is 6.92 Å². The number of ketones is 1. The van der Waals surface area contributed by atoms with Crippen LogP contribution in [-0.4, -0.2) is 20.8 Å². The molecule has 1 aromatic heterocycles. The second-order valence-corrected chi connectivity index (χ2v) is 6.86. The Kier molecular flexibility index (Phi) is 2.80. The summed E-state index contributed by atoms with van der Waals surface area (Å²) in [5, 5.41) is 7.21. The smallest absolute Gasteiger partial charge is 0.293 e. The fourth-order valence-corrected chi connectivity index (χ4v) is 2.39. The fraction of sp³-hybridized carbons (Fsp3) is 0.182. The number of nitrogens with zero attached hydrogens (tertiary/aromatic N) is 3. The van der Waals surface area contributed by atoms with Crippen molar-refractivity contribution in [1.29, 1.82) is 0 Å². The number of Topliss-reactive ketones (excluding diaryl/α,β-unsaturated/α-hetero) is 1. The van der Waals surface area contributed by atoms with Gasteiger partial charge >= 0.3 is 10.2 Å². The molecule has 0 atom stereocenters. The molecular formula is C11H10F5N3OS. The summed E-state index contributed by atoms with van der Waals surface area (Å²) in [7, 11) is -9.69. The van der Waals surface area contributed by atoms with Gasteiger partial charge in [0.1, 0.15) is 4.90 Å². The van der Waals surface area contributed by atoms with Crippen molar-refractivity contribution < 1.29 is 24.2 Å². The third-order valence-electron chi connectivity index (χ3n) is 2.75. The van der Waals surface area contributed by atoms with Gasteiger partial charge in [0.25, 0.3) is 0 Å². The summed E-state index contributed by atoms with van der Waals surface area (Å²) in [6.07, 6.45) is 0. The lowest BCUT2D eigenvalue weighted by molar-refractivity contribution is 0.101. The standard InChI is InChI=1S/C11H10F5N3OS/c1-7-11(8(2)20)17-18-19(7)9-3-5-10(6-4-9)21(12,13,14,15)16/h3-6H,1-2H3. The first kappa shape index (κ1) is 15.4. The Morgan fingerprint density at radius 1 is 1.10 bits per heavy atom. The monoisotopic (exact) mass is 327 g/mol. The molecule has 0 radical (unpaired) electrons. The van der Waals surface area contributed by atoms with E-state index in [0.29, 0.717) is 5.69 Å². The van der Waals surface area contributed by atoms with Gasteiger partial charge in [-0.05, 0) is 31.2 Å². The molecule has 10 heteroatoms. The molecule has 0 N–H and O–H groups in total. The quantitative estimate of drug-likeness (QED) is 0.619. The molecular weight excluding hydrogens is 317 g/mol. The summed E-state index contributed by atoms with van der Waals surface area (Å²) in [6.45, 7) is 2.76. The summed E-state index contributed by atoms with van der Waals surface area (Å²) >= 11 is 0. The molecule has 21 heavy (non-hydrogen) atoms. The summed E-state index contributed by atoms with van der Waals surface area (Å²) in [5.41, 5.74) is 0.465. The first-order chi connectivity index (χ1) is 9.29. The highest BCUT2D eigenvalue weighted by Gasteiger charge is 2.65. The van der Waals surface area contributed by atoms with Crippen molar-refractivity contribution in [2.24, 2.45) is 0 Å². The Hall–Kier alpha value is -1.97. The van der Waals surface area contributed by atoms with E-state index in [2.05, 4.69) is 10.3 Å². The third-order valence-corrected chi connectivity index (χ3v) is 3.92. The SMILES string of the molecule is CC(=O)c1nnn(-c2ccc(S(F)(F)(F)(F)F)cc2)c1C. The van der Waals surface area contributed by atoms with E-state index in [-0.39, 0.29) is 29.3 Å². The van der Waals surface area contributed by atoms with E-state index in [1.165, 1.54) is 13.8 Å². The Morgan fingerprint density at radius 3 is 2.00 bits per heavy atom. The number of hydrogen-bond acceptors (Lipinski definition) is 3. The van der Waals surface area contributed by atoms with Crippen LogP contribution in [0, 0.1) is 6.92 Å². The molecule has 0 spiro atoms. The molecule has 0 saturated heterocycles. The van der Waals surface area contributed by atoms with Gasteiger partial charge in [-0.3, -0.25) is 4.79 Å². The van der Waals surface area contributed by atoms with E-state index in [1.54, 1.807) is 0 Å². The van der Waals surface area contributed by atoms with Crippen LogP contribution in [0.15, 0.2) is 29.2 Å². The highest BCUT2D eigenvalue weighted by atomic mass is 32.5. The maximum absolute atomic E-state index is 12.6. The maximum atomic E-state index is 12.6. The van der Waals surface area contributed by atoms with Crippen molar-refractivity contribution in [2.45, 2.75) is 18.7 Å². The Balaban J connectivity index is 2.49. The van der Waals surface area contributed by atoms with E-state index in [0.717, 1.165) is 16.8 Å². The van der Waals surface area contributed by atoms with Gasteiger partial charge in [-0.15, -0.1) is 5.10 Å². The first-order valence-electron chi connectivity index (χ1n) is 5.57. The molecule has 0 amide bonds. The average Bonchev–Trinajstić information content (AvgIpc) is 2.68. The van der Waals surface area contributed by atoms with Crippen molar-refractivity contribution in [3.8, 4) is 5.69 Å². The lowest BCUT2D eigenvalue weighted by Gasteiger charge is -2.40. The molecule has 0 fully saturated rings. The molecule has 2 aromatic rings. The Morgan fingerprint density at radius 2 is 1.62 bits per heavy atom. The molecule has 0 saturated carbocycles. The van der Waals surface area contributed by atoms with Crippen LogP contribution in [0.25, 0.3) is 5.69 Å². The molecule has 0 aliphatic rings. The van der Waals surface area contributed by atoms with Crippen LogP contribution in [0.1, 0.15) is 23.1 Å².